The van der Waals surface area contributed by atoms with Gasteiger partial charge in [-0.1, -0.05) is 44.9 Å². The molecule has 1 heteroatoms. The molecule has 4 atom stereocenters. The summed E-state index contributed by atoms with van der Waals surface area (Å²) in [7, 11) is 0. The minimum atomic E-state index is -0.235. The fourth-order valence-electron chi connectivity index (χ4n) is 5.15. The van der Waals surface area contributed by atoms with Crippen LogP contribution in [-0.2, 0) is 0 Å². The van der Waals surface area contributed by atoms with E-state index in [4.69, 9.17) is 0 Å². The zero-order valence-electron chi connectivity index (χ0n) is 13.8. The Morgan fingerprint density at radius 3 is 2.75 bits per heavy atom. The molecule has 0 aromatic rings. The van der Waals surface area contributed by atoms with Crippen molar-refractivity contribution in [2.45, 2.75) is 72.3 Å². The lowest BCUT2D eigenvalue weighted by atomic mass is 9.48. The molecule has 114 valence electrons. The number of allylic oxidation sites excluding steroid dienone is 2. The van der Waals surface area contributed by atoms with Crippen molar-refractivity contribution < 1.29 is 5.11 Å². The van der Waals surface area contributed by atoms with Gasteiger partial charge in [0.05, 0.1) is 6.10 Å². The third-order valence-corrected chi connectivity index (χ3v) is 6.24. The van der Waals surface area contributed by atoms with Gasteiger partial charge in [0.2, 0.25) is 0 Å². The van der Waals surface area contributed by atoms with E-state index in [-0.39, 0.29) is 6.10 Å². The summed E-state index contributed by atoms with van der Waals surface area (Å²) in [6.07, 6.45) is 10.9. The molecule has 0 spiro atoms. The van der Waals surface area contributed by atoms with Crippen molar-refractivity contribution in [1.29, 1.82) is 0 Å². The van der Waals surface area contributed by atoms with E-state index in [1.54, 1.807) is 0 Å². The van der Waals surface area contributed by atoms with E-state index < -0.39 is 0 Å². The van der Waals surface area contributed by atoms with E-state index in [1.807, 2.05) is 6.08 Å². The van der Waals surface area contributed by atoms with Crippen LogP contribution >= 0.6 is 0 Å². The molecule has 0 aromatic carbocycles. The van der Waals surface area contributed by atoms with Crippen LogP contribution in [0.2, 0.25) is 0 Å². The van der Waals surface area contributed by atoms with Crippen molar-refractivity contribution in [3.8, 4) is 0 Å². The third kappa shape index (κ3) is 2.74. The molecule has 20 heavy (non-hydrogen) atoms. The minimum Gasteiger partial charge on any atom is -0.393 e. The molecule has 1 N–H and O–H groups in total. The number of aliphatic hydroxyl groups excluding tert-OH is 1. The molecule has 0 aromatic heterocycles. The molecule has 2 aliphatic rings. The summed E-state index contributed by atoms with van der Waals surface area (Å²) < 4.78 is 0. The Bertz CT molecular complexity index is 393. The van der Waals surface area contributed by atoms with Crippen LogP contribution in [0.3, 0.4) is 0 Å². The number of rotatable bonds is 4. The first kappa shape index (κ1) is 15.8. The van der Waals surface area contributed by atoms with Crippen molar-refractivity contribution in [1.82, 2.24) is 0 Å². The maximum Gasteiger partial charge on any atom is 0.0580 e. The third-order valence-electron chi connectivity index (χ3n) is 6.24. The molecule has 2 rings (SSSR count). The molecule has 0 amide bonds. The highest BCUT2D eigenvalue weighted by atomic mass is 16.3. The van der Waals surface area contributed by atoms with Gasteiger partial charge in [-0.25, -0.2) is 0 Å². The second-order valence-corrected chi connectivity index (χ2v) is 8.05. The highest BCUT2D eigenvalue weighted by Crippen LogP contribution is 2.60. The standard InChI is InChI=1S/C19H32O/c1-6-8-15(20)13-16-14(2)9-10-17-18(3,4)11-7-12-19(16,17)5/h6,9,15-17,20H,1,7-8,10-13H2,2-5H3/t15?,16-,17-,19+/m0/s1. The predicted molar refractivity (Wildman–Crippen MR) is 86.5 cm³/mol. The fourth-order valence-corrected chi connectivity index (χ4v) is 5.15. The minimum absolute atomic E-state index is 0.235. The van der Waals surface area contributed by atoms with Gasteiger partial charge in [-0.15, -0.1) is 6.58 Å². The van der Waals surface area contributed by atoms with Crippen LogP contribution in [0.5, 0.6) is 0 Å². The van der Waals surface area contributed by atoms with E-state index in [0.29, 0.717) is 23.2 Å². The van der Waals surface area contributed by atoms with Crippen LogP contribution in [0.15, 0.2) is 24.3 Å². The largest absolute Gasteiger partial charge is 0.393 e. The first-order valence-electron chi connectivity index (χ1n) is 8.27. The Labute approximate surface area is 125 Å². The topological polar surface area (TPSA) is 20.2 Å². The number of aliphatic hydroxyl groups is 1. The summed E-state index contributed by atoms with van der Waals surface area (Å²) in [6, 6.07) is 0. The molecule has 0 radical (unpaired) electrons. The van der Waals surface area contributed by atoms with Gasteiger partial charge in [0.25, 0.3) is 0 Å². The lowest BCUT2D eigenvalue weighted by molar-refractivity contribution is -0.0491. The van der Waals surface area contributed by atoms with Gasteiger partial charge in [0.15, 0.2) is 0 Å². The normalized spacial score (nSPS) is 37.8. The van der Waals surface area contributed by atoms with Crippen molar-refractivity contribution >= 4 is 0 Å². The molecule has 0 aliphatic heterocycles. The van der Waals surface area contributed by atoms with Crippen LogP contribution in [0.25, 0.3) is 0 Å². The van der Waals surface area contributed by atoms with Gasteiger partial charge in [-0.2, -0.15) is 0 Å². The molecule has 1 unspecified atom stereocenters. The molecule has 0 bridgehead atoms. The average molecular weight is 276 g/mol. The average Bonchev–Trinajstić information content (AvgIpc) is 2.33. The molecular weight excluding hydrogens is 244 g/mol. The summed E-state index contributed by atoms with van der Waals surface area (Å²) in [5, 5.41) is 10.3. The Hall–Kier alpha value is -0.560. The lowest BCUT2D eigenvalue weighted by Crippen LogP contribution is -2.49. The summed E-state index contributed by atoms with van der Waals surface area (Å²) in [5.74, 6) is 1.30. The second kappa shape index (κ2) is 5.67. The van der Waals surface area contributed by atoms with Gasteiger partial charge < -0.3 is 5.11 Å². The zero-order chi connectivity index (χ0) is 15.0. The Kier molecular flexibility index (Phi) is 4.49. The molecule has 2 aliphatic carbocycles. The van der Waals surface area contributed by atoms with Crippen molar-refractivity contribution in [2.75, 3.05) is 0 Å². The van der Waals surface area contributed by atoms with E-state index in [2.05, 4.69) is 40.3 Å². The van der Waals surface area contributed by atoms with Gasteiger partial charge >= 0.3 is 0 Å². The SMILES string of the molecule is C=CCC(O)C[C@H]1C(C)=CC[C@H]2C(C)(C)CCC[C@]12C. The monoisotopic (exact) mass is 276 g/mol. The van der Waals surface area contributed by atoms with Gasteiger partial charge in [-0.3, -0.25) is 0 Å². The van der Waals surface area contributed by atoms with E-state index in [0.717, 1.165) is 12.3 Å². The van der Waals surface area contributed by atoms with Gasteiger partial charge in [0.1, 0.15) is 0 Å². The van der Waals surface area contributed by atoms with E-state index >= 15 is 0 Å². The smallest absolute Gasteiger partial charge is 0.0580 e. The maximum absolute atomic E-state index is 10.3. The van der Waals surface area contributed by atoms with Crippen molar-refractivity contribution in [3.63, 3.8) is 0 Å². The zero-order valence-corrected chi connectivity index (χ0v) is 13.8. The predicted octanol–water partition coefficient (Wildman–Crippen LogP) is 5.11. The molecule has 1 saturated carbocycles. The Balaban J connectivity index is 2.27. The maximum atomic E-state index is 10.3. The molecule has 0 heterocycles. The van der Waals surface area contributed by atoms with E-state index in [1.165, 1.54) is 31.3 Å². The summed E-state index contributed by atoms with van der Waals surface area (Å²) >= 11 is 0. The van der Waals surface area contributed by atoms with Crippen LogP contribution in [-0.4, -0.2) is 11.2 Å². The fraction of sp³-hybridized carbons (Fsp3) is 0.789. The van der Waals surface area contributed by atoms with E-state index in [9.17, 15) is 5.11 Å². The van der Waals surface area contributed by atoms with Crippen LogP contribution in [0.4, 0.5) is 0 Å². The number of hydrogen-bond acceptors (Lipinski definition) is 1. The summed E-state index contributed by atoms with van der Waals surface area (Å²) in [6.45, 7) is 13.4. The summed E-state index contributed by atoms with van der Waals surface area (Å²) in [5.41, 5.74) is 2.30. The molecule has 1 nitrogen and oxygen atoms in total. The van der Waals surface area contributed by atoms with Crippen LogP contribution in [0, 0.1) is 22.7 Å². The summed E-state index contributed by atoms with van der Waals surface area (Å²) in [4.78, 5) is 0. The molecule has 0 saturated heterocycles. The van der Waals surface area contributed by atoms with Crippen LogP contribution in [0.1, 0.15) is 66.2 Å². The number of fused-ring (bicyclic) bond motifs is 1. The van der Waals surface area contributed by atoms with Crippen molar-refractivity contribution in [3.05, 3.63) is 24.3 Å². The first-order valence-corrected chi connectivity index (χ1v) is 8.27. The highest BCUT2D eigenvalue weighted by Gasteiger charge is 2.51. The molecule has 1 fully saturated rings. The first-order chi connectivity index (χ1) is 9.31. The lowest BCUT2D eigenvalue weighted by Gasteiger charge is -2.57. The number of hydrogen-bond donors (Lipinski definition) is 1. The molecular formula is C19H32O. The quantitative estimate of drug-likeness (QED) is 0.707. The van der Waals surface area contributed by atoms with Gasteiger partial charge in [0, 0.05) is 0 Å². The Morgan fingerprint density at radius 1 is 1.40 bits per heavy atom. The Morgan fingerprint density at radius 2 is 2.10 bits per heavy atom. The van der Waals surface area contributed by atoms with Crippen LogP contribution < -0.4 is 0 Å². The highest BCUT2D eigenvalue weighted by molar-refractivity contribution is 5.18. The second-order valence-electron chi connectivity index (χ2n) is 8.05. The van der Waals surface area contributed by atoms with Gasteiger partial charge in [-0.05, 0) is 61.7 Å². The van der Waals surface area contributed by atoms with Crippen molar-refractivity contribution in [2.24, 2.45) is 22.7 Å².